The molecule has 1 aromatic carbocycles. The maximum atomic E-state index is 13.4. The summed E-state index contributed by atoms with van der Waals surface area (Å²) in [5.41, 5.74) is 6.83. The fourth-order valence-corrected chi connectivity index (χ4v) is 3.46. The monoisotopic (exact) mass is 370 g/mol. The zero-order chi connectivity index (χ0) is 19.0. The number of nitrogens with one attached hydrogen (secondary N) is 2. The Hall–Kier alpha value is -3.23. The van der Waals surface area contributed by atoms with E-state index in [2.05, 4.69) is 20.6 Å². The molecule has 0 bridgehead atoms. The Labute approximate surface area is 155 Å². The molecule has 0 saturated carbocycles. The van der Waals surface area contributed by atoms with Crippen LogP contribution in [0, 0.1) is 5.82 Å². The van der Waals surface area contributed by atoms with E-state index in [4.69, 9.17) is 5.73 Å². The van der Waals surface area contributed by atoms with Gasteiger partial charge in [0, 0.05) is 25.2 Å². The number of nitrogens with two attached hydrogens (primary N) is 1. The van der Waals surface area contributed by atoms with Gasteiger partial charge in [-0.15, -0.1) is 0 Å². The third kappa shape index (κ3) is 3.40. The molecule has 27 heavy (non-hydrogen) atoms. The van der Waals surface area contributed by atoms with Crippen molar-refractivity contribution >= 4 is 35.1 Å². The number of nitrogen functional groups attached to an aromatic ring is 1. The van der Waals surface area contributed by atoms with Gasteiger partial charge < -0.3 is 21.3 Å². The van der Waals surface area contributed by atoms with Crippen molar-refractivity contribution in [3.63, 3.8) is 0 Å². The number of hydrogen-bond acceptors (Lipinski definition) is 6. The summed E-state index contributed by atoms with van der Waals surface area (Å²) in [7, 11) is 0. The van der Waals surface area contributed by atoms with Gasteiger partial charge in [-0.05, 0) is 31.0 Å². The first kappa shape index (κ1) is 17.2. The van der Waals surface area contributed by atoms with E-state index in [0.29, 0.717) is 17.2 Å². The van der Waals surface area contributed by atoms with E-state index in [0.717, 1.165) is 25.9 Å². The molecule has 1 saturated heterocycles. The fourth-order valence-electron chi connectivity index (χ4n) is 3.46. The number of nitrogens with zero attached hydrogens (tertiary/aromatic N) is 3. The first-order valence-electron chi connectivity index (χ1n) is 8.80. The lowest BCUT2D eigenvalue weighted by molar-refractivity contribution is -0.123. The molecule has 140 valence electrons. The number of aromatic nitrogens is 2. The van der Waals surface area contributed by atoms with Crippen LogP contribution in [-0.2, 0) is 9.59 Å². The molecule has 2 aliphatic heterocycles. The second-order valence-corrected chi connectivity index (χ2v) is 6.67. The molecule has 4 rings (SSSR count). The molecule has 1 atom stereocenters. The van der Waals surface area contributed by atoms with Crippen LogP contribution in [0.2, 0.25) is 0 Å². The Morgan fingerprint density at radius 2 is 2.07 bits per heavy atom. The van der Waals surface area contributed by atoms with E-state index in [1.165, 1.54) is 18.2 Å². The van der Waals surface area contributed by atoms with Crippen LogP contribution in [0.15, 0.2) is 24.3 Å². The topological polar surface area (TPSA) is 113 Å². The van der Waals surface area contributed by atoms with Crippen molar-refractivity contribution in [1.29, 1.82) is 0 Å². The summed E-state index contributed by atoms with van der Waals surface area (Å²) in [6, 6.07) is 5.55. The van der Waals surface area contributed by atoms with Gasteiger partial charge in [0.15, 0.2) is 0 Å². The number of carbonyl (C=O) groups is 2. The van der Waals surface area contributed by atoms with Gasteiger partial charge in [-0.25, -0.2) is 4.39 Å². The average Bonchev–Trinajstić information content (AvgIpc) is 3.15. The second-order valence-electron chi connectivity index (χ2n) is 6.67. The van der Waals surface area contributed by atoms with Crippen LogP contribution < -0.4 is 21.3 Å². The molecule has 2 aliphatic rings. The molecule has 2 amide bonds. The standard InChI is InChI=1S/C18H19FN6O2/c19-10-4-3-5-11(8-10)21-17(27)12-9-13(26)22-16-14(12)15(20)23-18(24-16)25-6-1-2-7-25/h3-5,8,12H,1-2,6-7,9H2,(H,21,27)(H3,20,22,23,24,26)/t12-/m1/s1. The van der Waals surface area contributed by atoms with Crippen LogP contribution in [-0.4, -0.2) is 34.9 Å². The molecule has 8 nitrogen and oxygen atoms in total. The summed E-state index contributed by atoms with van der Waals surface area (Å²) in [6.07, 6.45) is 2.02. The summed E-state index contributed by atoms with van der Waals surface area (Å²) in [5.74, 6) is -1.21. The van der Waals surface area contributed by atoms with Crippen LogP contribution in [0.3, 0.4) is 0 Å². The molecule has 1 aromatic heterocycles. The van der Waals surface area contributed by atoms with E-state index < -0.39 is 17.6 Å². The number of fused-ring (bicyclic) bond motifs is 1. The molecule has 1 fully saturated rings. The minimum Gasteiger partial charge on any atom is -0.383 e. The van der Waals surface area contributed by atoms with Gasteiger partial charge in [0.05, 0.1) is 11.5 Å². The number of benzene rings is 1. The van der Waals surface area contributed by atoms with E-state index in [9.17, 15) is 14.0 Å². The average molecular weight is 370 g/mol. The zero-order valence-corrected chi connectivity index (χ0v) is 14.5. The van der Waals surface area contributed by atoms with Gasteiger partial charge in [0.1, 0.15) is 17.5 Å². The highest BCUT2D eigenvalue weighted by Gasteiger charge is 2.35. The Kier molecular flexibility index (Phi) is 4.35. The highest BCUT2D eigenvalue weighted by molar-refractivity contribution is 6.05. The summed E-state index contributed by atoms with van der Waals surface area (Å²) >= 11 is 0. The van der Waals surface area contributed by atoms with Crippen LogP contribution >= 0.6 is 0 Å². The highest BCUT2D eigenvalue weighted by atomic mass is 19.1. The molecular formula is C18H19FN6O2. The van der Waals surface area contributed by atoms with Crippen molar-refractivity contribution in [2.45, 2.75) is 25.2 Å². The van der Waals surface area contributed by atoms with E-state index in [1.807, 2.05) is 4.90 Å². The third-order valence-electron chi connectivity index (χ3n) is 4.76. The van der Waals surface area contributed by atoms with Crippen molar-refractivity contribution in [2.24, 2.45) is 0 Å². The molecule has 0 aliphatic carbocycles. The van der Waals surface area contributed by atoms with Crippen LogP contribution in [0.4, 0.5) is 27.7 Å². The predicted octanol–water partition coefficient (Wildman–Crippen LogP) is 1.86. The predicted molar refractivity (Wildman–Crippen MR) is 98.9 cm³/mol. The van der Waals surface area contributed by atoms with Gasteiger partial charge >= 0.3 is 0 Å². The SMILES string of the molecule is Nc1nc(N2CCCC2)nc2c1[C@H](C(=O)Nc1cccc(F)c1)CC(=O)N2. The first-order valence-corrected chi connectivity index (χ1v) is 8.80. The zero-order valence-electron chi connectivity index (χ0n) is 14.5. The number of rotatable bonds is 3. The van der Waals surface area contributed by atoms with Gasteiger partial charge in [0.2, 0.25) is 17.8 Å². The van der Waals surface area contributed by atoms with E-state index >= 15 is 0 Å². The molecule has 0 unspecified atom stereocenters. The van der Waals surface area contributed by atoms with Crippen molar-refractivity contribution < 1.29 is 14.0 Å². The summed E-state index contributed by atoms with van der Waals surface area (Å²) in [5, 5.41) is 5.32. The van der Waals surface area contributed by atoms with Crippen LogP contribution in [0.5, 0.6) is 0 Å². The van der Waals surface area contributed by atoms with Crippen molar-refractivity contribution in [2.75, 3.05) is 34.4 Å². The minimum atomic E-state index is -0.843. The number of carbonyl (C=O) groups excluding carboxylic acids is 2. The lowest BCUT2D eigenvalue weighted by Crippen LogP contribution is -2.33. The lowest BCUT2D eigenvalue weighted by atomic mass is 9.92. The number of hydrogen-bond donors (Lipinski definition) is 3. The summed E-state index contributed by atoms with van der Waals surface area (Å²) < 4.78 is 13.4. The van der Waals surface area contributed by atoms with Crippen molar-refractivity contribution in [1.82, 2.24) is 9.97 Å². The quantitative estimate of drug-likeness (QED) is 0.760. The number of amides is 2. The van der Waals surface area contributed by atoms with Crippen LogP contribution in [0.25, 0.3) is 0 Å². The smallest absolute Gasteiger partial charge is 0.232 e. The highest BCUT2D eigenvalue weighted by Crippen LogP contribution is 2.37. The molecule has 2 aromatic rings. The molecule has 4 N–H and O–H groups in total. The van der Waals surface area contributed by atoms with Gasteiger partial charge in [0.25, 0.3) is 0 Å². The first-order chi connectivity index (χ1) is 13.0. The van der Waals surface area contributed by atoms with Crippen molar-refractivity contribution in [3.8, 4) is 0 Å². The summed E-state index contributed by atoms with van der Waals surface area (Å²) in [4.78, 5) is 35.6. The Morgan fingerprint density at radius 3 is 2.81 bits per heavy atom. The van der Waals surface area contributed by atoms with Gasteiger partial charge in [-0.1, -0.05) is 6.07 Å². The molecule has 0 radical (unpaired) electrons. The molecule has 3 heterocycles. The maximum Gasteiger partial charge on any atom is 0.232 e. The lowest BCUT2D eigenvalue weighted by Gasteiger charge is -2.26. The summed E-state index contributed by atoms with van der Waals surface area (Å²) in [6.45, 7) is 1.66. The Balaban J connectivity index is 1.65. The van der Waals surface area contributed by atoms with Gasteiger partial charge in [-0.2, -0.15) is 9.97 Å². The normalized spacial score (nSPS) is 18.8. The van der Waals surface area contributed by atoms with E-state index in [1.54, 1.807) is 6.07 Å². The Bertz CT molecular complexity index is 913. The maximum absolute atomic E-state index is 13.4. The molecule has 9 heteroatoms. The molecule has 0 spiro atoms. The number of anilines is 4. The minimum absolute atomic E-state index is 0.0786. The van der Waals surface area contributed by atoms with Crippen LogP contribution in [0.1, 0.15) is 30.7 Å². The van der Waals surface area contributed by atoms with Gasteiger partial charge in [-0.3, -0.25) is 9.59 Å². The van der Waals surface area contributed by atoms with E-state index in [-0.39, 0.29) is 24.0 Å². The number of halogens is 1. The third-order valence-corrected chi connectivity index (χ3v) is 4.76. The largest absolute Gasteiger partial charge is 0.383 e. The Morgan fingerprint density at radius 1 is 1.30 bits per heavy atom. The second kappa shape index (κ2) is 6.82. The fraction of sp³-hybridized carbons (Fsp3) is 0.333. The molecular weight excluding hydrogens is 351 g/mol. The van der Waals surface area contributed by atoms with Crippen molar-refractivity contribution in [3.05, 3.63) is 35.6 Å².